The molecule has 1 fully saturated rings. The summed E-state index contributed by atoms with van der Waals surface area (Å²) in [6.45, 7) is 0.803. The molecular formula is C16H20N2O2. The Morgan fingerprint density at radius 2 is 2.20 bits per heavy atom. The van der Waals surface area contributed by atoms with Crippen molar-refractivity contribution in [3.05, 3.63) is 35.9 Å². The van der Waals surface area contributed by atoms with Gasteiger partial charge in [0.05, 0.1) is 12.2 Å². The van der Waals surface area contributed by atoms with Gasteiger partial charge in [-0.25, -0.2) is 0 Å². The van der Waals surface area contributed by atoms with Gasteiger partial charge in [-0.3, -0.25) is 4.79 Å². The molecule has 0 aliphatic carbocycles. The number of nitriles is 1. The zero-order valence-electron chi connectivity index (χ0n) is 11.5. The van der Waals surface area contributed by atoms with E-state index >= 15 is 0 Å². The van der Waals surface area contributed by atoms with Crippen molar-refractivity contribution in [3.8, 4) is 6.07 Å². The fourth-order valence-corrected chi connectivity index (χ4v) is 2.40. The molecule has 0 radical (unpaired) electrons. The molecule has 4 nitrogen and oxygen atoms in total. The summed E-state index contributed by atoms with van der Waals surface area (Å²) in [6.07, 6.45) is 4.68. The lowest BCUT2D eigenvalue weighted by Gasteiger charge is -2.22. The summed E-state index contributed by atoms with van der Waals surface area (Å²) < 4.78 is 5.60. The van der Waals surface area contributed by atoms with Crippen LogP contribution in [0, 0.1) is 11.3 Å². The molecule has 1 aromatic carbocycles. The SMILES string of the molecule is N#CC(NC(=O)CCC1CCCCO1)c1ccccc1. The average molecular weight is 272 g/mol. The summed E-state index contributed by atoms with van der Waals surface area (Å²) in [7, 11) is 0. The van der Waals surface area contributed by atoms with Crippen molar-refractivity contribution in [3.63, 3.8) is 0 Å². The Labute approximate surface area is 119 Å². The van der Waals surface area contributed by atoms with Crippen LogP contribution in [0.5, 0.6) is 0 Å². The highest BCUT2D eigenvalue weighted by molar-refractivity contribution is 5.76. The monoisotopic (exact) mass is 272 g/mol. The van der Waals surface area contributed by atoms with E-state index < -0.39 is 6.04 Å². The molecule has 0 spiro atoms. The first-order chi connectivity index (χ1) is 9.79. The van der Waals surface area contributed by atoms with Crippen molar-refractivity contribution >= 4 is 5.91 Å². The minimum atomic E-state index is -0.573. The van der Waals surface area contributed by atoms with Gasteiger partial charge in [-0.2, -0.15) is 5.26 Å². The Hall–Kier alpha value is -1.86. The van der Waals surface area contributed by atoms with Gasteiger partial charge >= 0.3 is 0 Å². The molecule has 20 heavy (non-hydrogen) atoms. The van der Waals surface area contributed by atoms with E-state index in [0.717, 1.165) is 31.4 Å². The minimum Gasteiger partial charge on any atom is -0.378 e. The van der Waals surface area contributed by atoms with Crippen LogP contribution in [0.15, 0.2) is 30.3 Å². The van der Waals surface area contributed by atoms with Crippen molar-refractivity contribution < 1.29 is 9.53 Å². The second-order valence-electron chi connectivity index (χ2n) is 5.07. The number of hydrogen-bond donors (Lipinski definition) is 1. The standard InChI is InChI=1S/C16H20N2O2/c17-12-15(13-6-2-1-3-7-13)18-16(19)10-9-14-8-4-5-11-20-14/h1-3,6-7,14-15H,4-5,8-11H2,(H,18,19). The smallest absolute Gasteiger partial charge is 0.221 e. The van der Waals surface area contributed by atoms with Crippen LogP contribution in [-0.2, 0) is 9.53 Å². The van der Waals surface area contributed by atoms with Crippen LogP contribution in [0.1, 0.15) is 43.7 Å². The molecule has 4 heteroatoms. The normalized spacial score (nSPS) is 19.9. The number of carbonyl (C=O) groups excluding carboxylic acids is 1. The maximum absolute atomic E-state index is 11.9. The first kappa shape index (κ1) is 14.5. The molecule has 1 aliphatic heterocycles. The van der Waals surface area contributed by atoms with Crippen LogP contribution in [0.4, 0.5) is 0 Å². The lowest BCUT2D eigenvalue weighted by Crippen LogP contribution is -2.29. The molecule has 1 aliphatic rings. The Bertz CT molecular complexity index is 461. The molecule has 1 heterocycles. The van der Waals surface area contributed by atoms with Crippen LogP contribution in [0.25, 0.3) is 0 Å². The van der Waals surface area contributed by atoms with Crippen LogP contribution >= 0.6 is 0 Å². The van der Waals surface area contributed by atoms with E-state index in [1.54, 1.807) is 0 Å². The summed E-state index contributed by atoms with van der Waals surface area (Å²) in [5.74, 6) is -0.0884. The number of nitrogens with one attached hydrogen (secondary N) is 1. The van der Waals surface area contributed by atoms with E-state index in [1.807, 2.05) is 30.3 Å². The van der Waals surface area contributed by atoms with Gasteiger partial charge in [0.15, 0.2) is 0 Å². The summed E-state index contributed by atoms with van der Waals surface area (Å²) in [4.78, 5) is 11.9. The fourth-order valence-electron chi connectivity index (χ4n) is 2.40. The maximum atomic E-state index is 11.9. The Kier molecular flexibility index (Phi) is 5.57. The third-order valence-electron chi connectivity index (χ3n) is 3.53. The summed E-state index contributed by atoms with van der Waals surface area (Å²) >= 11 is 0. The Morgan fingerprint density at radius 1 is 1.40 bits per heavy atom. The zero-order valence-corrected chi connectivity index (χ0v) is 11.5. The first-order valence-electron chi connectivity index (χ1n) is 7.15. The molecule has 0 aromatic heterocycles. The van der Waals surface area contributed by atoms with Crippen LogP contribution in [0.3, 0.4) is 0 Å². The van der Waals surface area contributed by atoms with E-state index in [2.05, 4.69) is 11.4 Å². The minimum absolute atomic E-state index is 0.0884. The van der Waals surface area contributed by atoms with Gasteiger partial charge in [0.1, 0.15) is 6.04 Å². The van der Waals surface area contributed by atoms with Crippen molar-refractivity contribution in [2.75, 3.05) is 6.61 Å². The number of hydrogen-bond acceptors (Lipinski definition) is 3. The molecule has 2 atom stereocenters. The van der Waals surface area contributed by atoms with Gasteiger partial charge in [-0.05, 0) is 31.2 Å². The average Bonchev–Trinajstić information content (AvgIpc) is 2.52. The van der Waals surface area contributed by atoms with Crippen LogP contribution in [0.2, 0.25) is 0 Å². The highest BCUT2D eigenvalue weighted by Gasteiger charge is 2.17. The fraction of sp³-hybridized carbons (Fsp3) is 0.500. The van der Waals surface area contributed by atoms with Crippen molar-refractivity contribution in [1.82, 2.24) is 5.32 Å². The number of ether oxygens (including phenoxy) is 1. The van der Waals surface area contributed by atoms with Crippen molar-refractivity contribution in [2.45, 2.75) is 44.2 Å². The predicted molar refractivity (Wildman–Crippen MR) is 75.8 cm³/mol. The molecule has 1 amide bonds. The predicted octanol–water partition coefficient (Wildman–Crippen LogP) is 2.72. The highest BCUT2D eigenvalue weighted by Crippen LogP contribution is 2.17. The third kappa shape index (κ3) is 4.36. The number of benzene rings is 1. The van der Waals surface area contributed by atoms with E-state index in [4.69, 9.17) is 10.00 Å². The molecule has 0 saturated carbocycles. The van der Waals surface area contributed by atoms with Gasteiger partial charge in [0.2, 0.25) is 5.91 Å². The molecule has 106 valence electrons. The molecule has 2 rings (SSSR count). The van der Waals surface area contributed by atoms with Gasteiger partial charge in [0, 0.05) is 13.0 Å². The van der Waals surface area contributed by atoms with Gasteiger partial charge < -0.3 is 10.1 Å². The number of carbonyl (C=O) groups is 1. The molecule has 1 saturated heterocycles. The summed E-state index contributed by atoms with van der Waals surface area (Å²) in [5.41, 5.74) is 0.817. The second kappa shape index (κ2) is 7.66. The topological polar surface area (TPSA) is 62.1 Å². The quantitative estimate of drug-likeness (QED) is 0.896. The molecule has 2 unspecified atom stereocenters. The second-order valence-corrected chi connectivity index (χ2v) is 5.07. The van der Waals surface area contributed by atoms with Gasteiger partial charge in [-0.15, -0.1) is 0 Å². The van der Waals surface area contributed by atoms with E-state index in [1.165, 1.54) is 6.42 Å². The summed E-state index contributed by atoms with van der Waals surface area (Å²) in [6, 6.07) is 10.9. The van der Waals surface area contributed by atoms with Gasteiger partial charge in [0.25, 0.3) is 0 Å². The largest absolute Gasteiger partial charge is 0.378 e. The third-order valence-corrected chi connectivity index (χ3v) is 3.53. The first-order valence-corrected chi connectivity index (χ1v) is 7.15. The number of amides is 1. The Morgan fingerprint density at radius 3 is 2.85 bits per heavy atom. The number of rotatable bonds is 5. The highest BCUT2D eigenvalue weighted by atomic mass is 16.5. The lowest BCUT2D eigenvalue weighted by atomic mass is 10.0. The summed E-state index contributed by atoms with van der Waals surface area (Å²) in [5, 5.41) is 11.9. The molecular weight excluding hydrogens is 252 g/mol. The molecule has 0 bridgehead atoms. The van der Waals surface area contributed by atoms with E-state index in [-0.39, 0.29) is 12.0 Å². The van der Waals surface area contributed by atoms with Crippen LogP contribution in [-0.4, -0.2) is 18.6 Å². The molecule has 1 N–H and O–H groups in total. The lowest BCUT2D eigenvalue weighted by molar-refractivity contribution is -0.122. The maximum Gasteiger partial charge on any atom is 0.221 e. The van der Waals surface area contributed by atoms with E-state index in [0.29, 0.717) is 6.42 Å². The van der Waals surface area contributed by atoms with Crippen molar-refractivity contribution in [1.29, 1.82) is 5.26 Å². The zero-order chi connectivity index (χ0) is 14.2. The Balaban J connectivity index is 1.79. The van der Waals surface area contributed by atoms with Crippen molar-refractivity contribution in [2.24, 2.45) is 0 Å². The molecule has 1 aromatic rings. The number of nitrogens with zero attached hydrogens (tertiary/aromatic N) is 1. The van der Waals surface area contributed by atoms with E-state index in [9.17, 15) is 4.79 Å². The van der Waals surface area contributed by atoms with Gasteiger partial charge in [-0.1, -0.05) is 30.3 Å². The van der Waals surface area contributed by atoms with Crippen LogP contribution < -0.4 is 5.32 Å².